The van der Waals surface area contributed by atoms with Gasteiger partial charge in [-0.3, -0.25) is 0 Å². The summed E-state index contributed by atoms with van der Waals surface area (Å²) in [6, 6.07) is 15.4. The standard InChI is InChI=1S/C24H22ClN9O/c1-16-9-10-34(30-16)21-6-4-20(5-7-21)29-24-26-12-19(13-27-24)18-3-8-22(25)23(11-18)35-17(2)14-33-15-28-31-32-33/h3-13,15,17H,14H2,1-2H3,(H,26,27,29)/t17-/m0/s1. The van der Waals surface area contributed by atoms with Gasteiger partial charge in [0, 0.05) is 29.8 Å². The highest BCUT2D eigenvalue weighted by Crippen LogP contribution is 2.31. The zero-order chi connectivity index (χ0) is 24.2. The molecule has 0 saturated carbocycles. The molecule has 0 radical (unpaired) electrons. The molecule has 0 amide bonds. The van der Waals surface area contributed by atoms with Crippen LogP contribution in [0, 0.1) is 6.92 Å². The van der Waals surface area contributed by atoms with E-state index in [1.54, 1.807) is 29.5 Å². The summed E-state index contributed by atoms with van der Waals surface area (Å²) in [6.07, 6.45) is 6.81. The summed E-state index contributed by atoms with van der Waals surface area (Å²) in [6.45, 7) is 4.39. The first-order valence-electron chi connectivity index (χ1n) is 10.9. The fraction of sp³-hybridized carbons (Fsp3) is 0.167. The highest BCUT2D eigenvalue weighted by molar-refractivity contribution is 6.32. The Morgan fingerprint density at radius 2 is 1.83 bits per heavy atom. The average molecular weight is 488 g/mol. The third-order valence-electron chi connectivity index (χ3n) is 5.19. The van der Waals surface area contributed by atoms with E-state index in [1.807, 2.05) is 67.2 Å². The van der Waals surface area contributed by atoms with Crippen molar-refractivity contribution in [2.75, 3.05) is 5.32 Å². The maximum atomic E-state index is 6.36. The van der Waals surface area contributed by atoms with Crippen LogP contribution in [-0.4, -0.2) is 46.1 Å². The van der Waals surface area contributed by atoms with Gasteiger partial charge in [-0.05, 0) is 72.3 Å². The Labute approximate surface area is 206 Å². The van der Waals surface area contributed by atoms with E-state index in [-0.39, 0.29) is 6.10 Å². The number of aromatic nitrogens is 8. The molecule has 35 heavy (non-hydrogen) atoms. The van der Waals surface area contributed by atoms with Crippen LogP contribution in [0.25, 0.3) is 16.8 Å². The van der Waals surface area contributed by atoms with Gasteiger partial charge in [-0.1, -0.05) is 17.7 Å². The van der Waals surface area contributed by atoms with Crippen LogP contribution in [0.1, 0.15) is 12.6 Å². The number of rotatable bonds is 8. The van der Waals surface area contributed by atoms with Gasteiger partial charge in [0.1, 0.15) is 18.2 Å². The molecule has 2 aromatic carbocycles. The highest BCUT2D eigenvalue weighted by atomic mass is 35.5. The van der Waals surface area contributed by atoms with Crippen molar-refractivity contribution < 1.29 is 4.74 Å². The van der Waals surface area contributed by atoms with Crippen molar-refractivity contribution in [3.8, 4) is 22.6 Å². The number of nitrogens with one attached hydrogen (secondary N) is 1. The predicted molar refractivity (Wildman–Crippen MR) is 132 cm³/mol. The van der Waals surface area contributed by atoms with Gasteiger partial charge < -0.3 is 10.1 Å². The molecule has 176 valence electrons. The Hall–Kier alpha value is -4.31. The van der Waals surface area contributed by atoms with Gasteiger partial charge in [-0.25, -0.2) is 19.3 Å². The van der Waals surface area contributed by atoms with E-state index in [9.17, 15) is 0 Å². The van der Waals surface area contributed by atoms with Crippen molar-refractivity contribution in [3.63, 3.8) is 0 Å². The molecule has 10 nitrogen and oxygen atoms in total. The molecule has 0 bridgehead atoms. The van der Waals surface area contributed by atoms with E-state index in [0.29, 0.717) is 23.3 Å². The van der Waals surface area contributed by atoms with E-state index >= 15 is 0 Å². The van der Waals surface area contributed by atoms with E-state index in [2.05, 4.69) is 35.9 Å². The zero-order valence-corrected chi connectivity index (χ0v) is 19.8. The van der Waals surface area contributed by atoms with Crippen LogP contribution in [0.4, 0.5) is 11.6 Å². The fourth-order valence-corrected chi connectivity index (χ4v) is 3.64. The number of aryl methyl sites for hydroxylation is 1. The van der Waals surface area contributed by atoms with Crippen LogP contribution in [0.2, 0.25) is 5.02 Å². The molecule has 0 spiro atoms. The number of halogens is 1. The largest absolute Gasteiger partial charge is 0.487 e. The van der Waals surface area contributed by atoms with Gasteiger partial charge in [0.15, 0.2) is 0 Å². The van der Waals surface area contributed by atoms with E-state index in [0.717, 1.165) is 28.2 Å². The van der Waals surface area contributed by atoms with Crippen LogP contribution < -0.4 is 10.1 Å². The van der Waals surface area contributed by atoms with Crippen molar-refractivity contribution in [1.82, 2.24) is 40.0 Å². The summed E-state index contributed by atoms with van der Waals surface area (Å²) in [5.41, 5.74) is 4.56. The Kier molecular flexibility index (Phi) is 6.36. The zero-order valence-electron chi connectivity index (χ0n) is 19.1. The molecule has 0 aliphatic heterocycles. The minimum Gasteiger partial charge on any atom is -0.487 e. The molecular formula is C24H22ClN9O. The monoisotopic (exact) mass is 487 g/mol. The molecule has 5 aromatic rings. The molecule has 1 N–H and O–H groups in total. The number of benzene rings is 2. The summed E-state index contributed by atoms with van der Waals surface area (Å²) in [5.74, 6) is 1.07. The number of tetrazole rings is 1. The third kappa shape index (κ3) is 5.44. The summed E-state index contributed by atoms with van der Waals surface area (Å²) in [4.78, 5) is 8.92. The number of ether oxygens (including phenoxy) is 1. The third-order valence-corrected chi connectivity index (χ3v) is 5.50. The maximum Gasteiger partial charge on any atom is 0.227 e. The molecule has 1 atom stereocenters. The second kappa shape index (κ2) is 9.90. The summed E-state index contributed by atoms with van der Waals surface area (Å²) >= 11 is 6.36. The summed E-state index contributed by atoms with van der Waals surface area (Å²) in [5, 5.41) is 19.3. The maximum absolute atomic E-state index is 6.36. The lowest BCUT2D eigenvalue weighted by atomic mass is 10.1. The number of hydrogen-bond acceptors (Lipinski definition) is 8. The van der Waals surface area contributed by atoms with Crippen LogP contribution in [-0.2, 0) is 6.54 Å². The van der Waals surface area contributed by atoms with Gasteiger partial charge in [0.25, 0.3) is 0 Å². The molecular weight excluding hydrogens is 466 g/mol. The molecule has 3 aromatic heterocycles. The van der Waals surface area contributed by atoms with E-state index in [4.69, 9.17) is 16.3 Å². The summed E-state index contributed by atoms with van der Waals surface area (Å²) in [7, 11) is 0. The Morgan fingerprint density at radius 1 is 1.03 bits per heavy atom. The molecule has 11 heteroatoms. The minimum absolute atomic E-state index is 0.183. The second-order valence-electron chi connectivity index (χ2n) is 7.97. The molecule has 5 rings (SSSR count). The Balaban J connectivity index is 1.25. The van der Waals surface area contributed by atoms with Gasteiger partial charge in [0.2, 0.25) is 5.95 Å². The first-order chi connectivity index (χ1) is 17.0. The summed E-state index contributed by atoms with van der Waals surface area (Å²) < 4.78 is 9.46. The molecule has 0 aliphatic carbocycles. The first-order valence-corrected chi connectivity index (χ1v) is 11.3. The van der Waals surface area contributed by atoms with Crippen LogP contribution in [0.15, 0.2) is 73.4 Å². The molecule has 0 aliphatic rings. The highest BCUT2D eigenvalue weighted by Gasteiger charge is 2.11. The Morgan fingerprint density at radius 3 is 2.51 bits per heavy atom. The van der Waals surface area contributed by atoms with Gasteiger partial charge in [-0.2, -0.15) is 5.10 Å². The molecule has 3 heterocycles. The number of nitrogens with zero attached hydrogens (tertiary/aromatic N) is 8. The molecule has 0 unspecified atom stereocenters. The number of anilines is 2. The topological polar surface area (TPSA) is 108 Å². The minimum atomic E-state index is -0.183. The smallest absolute Gasteiger partial charge is 0.227 e. The van der Waals surface area contributed by atoms with Gasteiger partial charge >= 0.3 is 0 Å². The van der Waals surface area contributed by atoms with Crippen molar-refractivity contribution in [3.05, 3.63) is 84.2 Å². The van der Waals surface area contributed by atoms with Crippen molar-refractivity contribution in [1.29, 1.82) is 0 Å². The Bertz CT molecular complexity index is 1400. The van der Waals surface area contributed by atoms with Crippen molar-refractivity contribution in [2.24, 2.45) is 0 Å². The average Bonchev–Trinajstić information content (AvgIpc) is 3.53. The van der Waals surface area contributed by atoms with E-state index in [1.165, 1.54) is 0 Å². The van der Waals surface area contributed by atoms with Gasteiger partial charge in [0.05, 0.1) is 22.9 Å². The SMILES string of the molecule is Cc1ccn(-c2ccc(Nc3ncc(-c4ccc(Cl)c(O[C@@H](C)Cn5cnnn5)c4)cn3)cc2)n1. The molecule has 0 saturated heterocycles. The van der Waals surface area contributed by atoms with E-state index < -0.39 is 0 Å². The lowest BCUT2D eigenvalue weighted by molar-refractivity contribution is 0.193. The van der Waals surface area contributed by atoms with Gasteiger partial charge in [-0.15, -0.1) is 5.10 Å². The van der Waals surface area contributed by atoms with Crippen molar-refractivity contribution >= 4 is 23.2 Å². The lowest BCUT2D eigenvalue weighted by Gasteiger charge is -2.16. The molecule has 0 fully saturated rings. The fourth-order valence-electron chi connectivity index (χ4n) is 3.48. The van der Waals surface area contributed by atoms with Crippen molar-refractivity contribution in [2.45, 2.75) is 26.5 Å². The van der Waals surface area contributed by atoms with Crippen LogP contribution in [0.5, 0.6) is 5.75 Å². The number of hydrogen-bond donors (Lipinski definition) is 1. The predicted octanol–water partition coefficient (Wildman–Crippen LogP) is 4.49. The quantitative estimate of drug-likeness (QED) is 0.341. The van der Waals surface area contributed by atoms with Crippen LogP contribution >= 0.6 is 11.6 Å². The van der Waals surface area contributed by atoms with Crippen LogP contribution in [0.3, 0.4) is 0 Å². The lowest BCUT2D eigenvalue weighted by Crippen LogP contribution is -2.20. The second-order valence-corrected chi connectivity index (χ2v) is 8.38. The normalized spacial score (nSPS) is 11.9. The first kappa shape index (κ1) is 22.5.